The average Bonchev–Trinajstić information content (AvgIpc) is 2.14. The predicted molar refractivity (Wildman–Crippen MR) is 57.1 cm³/mol. The third-order valence-corrected chi connectivity index (χ3v) is 1.87. The Morgan fingerprint density at radius 3 is 2.86 bits per heavy atom. The van der Waals surface area contributed by atoms with Crippen molar-refractivity contribution in [1.29, 1.82) is 0 Å². The van der Waals surface area contributed by atoms with E-state index in [0.717, 1.165) is 11.4 Å². The average molecular weight is 211 g/mol. The summed E-state index contributed by atoms with van der Waals surface area (Å²) in [6, 6.07) is 1.76. The molecule has 0 fully saturated rings. The smallest absolute Gasteiger partial charge is 0.250 e. The molecule has 1 aromatic heterocycles. The van der Waals surface area contributed by atoms with E-state index in [1.54, 1.807) is 6.07 Å². The van der Waals surface area contributed by atoms with Gasteiger partial charge in [-0.3, -0.25) is 0 Å². The molecule has 0 spiro atoms. The van der Waals surface area contributed by atoms with Gasteiger partial charge in [0.25, 0.3) is 0 Å². The van der Waals surface area contributed by atoms with Crippen LogP contribution in [0.25, 0.3) is 0 Å². The second kappa shape index (κ2) is 4.85. The first-order valence-electron chi connectivity index (χ1n) is 4.10. The standard InChI is InChI=1S/C9H13N3OS/c1-6(2)12-13-8-5-7(3)10-9(11-8)14-4/h5,12H,1H2,2-4H3. The van der Waals surface area contributed by atoms with Gasteiger partial charge >= 0.3 is 0 Å². The van der Waals surface area contributed by atoms with Crippen molar-refractivity contribution < 1.29 is 4.84 Å². The molecule has 0 unspecified atom stereocenters. The highest BCUT2D eigenvalue weighted by Crippen LogP contribution is 2.14. The highest BCUT2D eigenvalue weighted by atomic mass is 32.2. The lowest BCUT2D eigenvalue weighted by Gasteiger charge is -2.07. The van der Waals surface area contributed by atoms with Gasteiger partial charge in [-0.05, 0) is 20.1 Å². The Morgan fingerprint density at radius 2 is 2.29 bits per heavy atom. The van der Waals surface area contributed by atoms with Gasteiger partial charge in [-0.2, -0.15) is 4.98 Å². The topological polar surface area (TPSA) is 47.0 Å². The number of hydrogen-bond acceptors (Lipinski definition) is 5. The maximum Gasteiger partial charge on any atom is 0.250 e. The second-order valence-corrected chi connectivity index (χ2v) is 3.59. The van der Waals surface area contributed by atoms with Crippen molar-refractivity contribution >= 4 is 11.8 Å². The van der Waals surface area contributed by atoms with Crippen molar-refractivity contribution in [3.8, 4) is 5.88 Å². The maximum atomic E-state index is 5.18. The highest BCUT2D eigenvalue weighted by Gasteiger charge is 2.01. The lowest BCUT2D eigenvalue weighted by molar-refractivity contribution is 0.217. The SMILES string of the molecule is C=C(C)NOc1cc(C)nc(SC)n1. The minimum atomic E-state index is 0.504. The Labute approximate surface area is 87.7 Å². The molecule has 4 nitrogen and oxygen atoms in total. The number of nitrogens with zero attached hydrogens (tertiary/aromatic N) is 2. The first-order chi connectivity index (χ1) is 6.61. The molecule has 0 amide bonds. The fraction of sp³-hybridized carbons (Fsp3) is 0.333. The largest absolute Gasteiger partial charge is 0.362 e. The summed E-state index contributed by atoms with van der Waals surface area (Å²) in [5.74, 6) is 0.504. The molecule has 1 heterocycles. The summed E-state index contributed by atoms with van der Waals surface area (Å²) in [6.45, 7) is 7.36. The van der Waals surface area contributed by atoms with Crippen LogP contribution in [0, 0.1) is 6.92 Å². The van der Waals surface area contributed by atoms with Gasteiger partial charge in [-0.25, -0.2) is 10.5 Å². The van der Waals surface area contributed by atoms with Crippen LogP contribution in [0.3, 0.4) is 0 Å². The molecule has 0 atom stereocenters. The molecule has 0 saturated heterocycles. The molecule has 0 aromatic carbocycles. The number of rotatable bonds is 4. The van der Waals surface area contributed by atoms with Crippen LogP contribution in [0.5, 0.6) is 5.88 Å². The Kier molecular flexibility index (Phi) is 3.76. The highest BCUT2D eigenvalue weighted by molar-refractivity contribution is 7.98. The molecule has 0 bridgehead atoms. The fourth-order valence-corrected chi connectivity index (χ4v) is 1.21. The van der Waals surface area contributed by atoms with Crippen LogP contribution in [0.1, 0.15) is 12.6 Å². The van der Waals surface area contributed by atoms with E-state index in [9.17, 15) is 0 Å². The van der Waals surface area contributed by atoms with Crippen LogP contribution >= 0.6 is 11.8 Å². The first kappa shape index (κ1) is 10.8. The van der Waals surface area contributed by atoms with Gasteiger partial charge in [0.05, 0.1) is 0 Å². The number of allylic oxidation sites excluding steroid dienone is 1. The third-order valence-electron chi connectivity index (χ3n) is 1.32. The Bertz CT molecular complexity index is 341. The molecule has 14 heavy (non-hydrogen) atoms. The van der Waals surface area contributed by atoms with E-state index in [4.69, 9.17) is 4.84 Å². The summed E-state index contributed by atoms with van der Waals surface area (Å²) in [6.07, 6.45) is 1.92. The molecule has 0 radical (unpaired) electrons. The Hall–Kier alpha value is -1.23. The normalized spacial score (nSPS) is 9.64. The van der Waals surface area contributed by atoms with E-state index in [0.29, 0.717) is 11.0 Å². The molecular weight excluding hydrogens is 198 g/mol. The van der Waals surface area contributed by atoms with Crippen molar-refractivity contribution in [2.24, 2.45) is 0 Å². The van der Waals surface area contributed by atoms with Gasteiger partial charge in [0.2, 0.25) is 5.88 Å². The van der Waals surface area contributed by atoms with Gasteiger partial charge in [0.1, 0.15) is 0 Å². The zero-order valence-corrected chi connectivity index (χ0v) is 9.31. The van der Waals surface area contributed by atoms with Crippen LogP contribution in [-0.4, -0.2) is 16.2 Å². The molecule has 1 rings (SSSR count). The van der Waals surface area contributed by atoms with Crippen LogP contribution in [0.2, 0.25) is 0 Å². The van der Waals surface area contributed by atoms with Crippen molar-refractivity contribution in [1.82, 2.24) is 15.4 Å². The fourth-order valence-electron chi connectivity index (χ4n) is 0.796. The zero-order valence-electron chi connectivity index (χ0n) is 8.50. The number of aromatic nitrogens is 2. The Balaban J connectivity index is 2.76. The number of hydrogen-bond donors (Lipinski definition) is 1. The summed E-state index contributed by atoms with van der Waals surface area (Å²) >= 11 is 1.48. The van der Waals surface area contributed by atoms with Gasteiger partial charge in [-0.1, -0.05) is 18.3 Å². The summed E-state index contributed by atoms with van der Waals surface area (Å²) in [5.41, 5.74) is 4.25. The Morgan fingerprint density at radius 1 is 1.57 bits per heavy atom. The second-order valence-electron chi connectivity index (χ2n) is 2.82. The van der Waals surface area contributed by atoms with Crippen molar-refractivity contribution in [3.63, 3.8) is 0 Å². The van der Waals surface area contributed by atoms with Crippen LogP contribution in [0.15, 0.2) is 23.5 Å². The van der Waals surface area contributed by atoms with Crippen LogP contribution < -0.4 is 10.3 Å². The lowest BCUT2D eigenvalue weighted by Crippen LogP contribution is -2.16. The van der Waals surface area contributed by atoms with Crippen molar-refractivity contribution in [2.45, 2.75) is 19.0 Å². The van der Waals surface area contributed by atoms with Crippen molar-refractivity contribution in [2.75, 3.05) is 6.26 Å². The third kappa shape index (κ3) is 3.26. The quantitative estimate of drug-likeness (QED) is 0.468. The summed E-state index contributed by atoms with van der Waals surface area (Å²) in [5, 5.41) is 0.698. The molecule has 0 aliphatic carbocycles. The minimum absolute atomic E-state index is 0.504. The van der Waals surface area contributed by atoms with E-state index in [1.807, 2.05) is 20.1 Å². The molecule has 0 aliphatic rings. The molecular formula is C9H13N3OS. The number of thioether (sulfide) groups is 1. The van der Waals surface area contributed by atoms with E-state index in [-0.39, 0.29) is 0 Å². The van der Waals surface area contributed by atoms with E-state index in [2.05, 4.69) is 22.0 Å². The lowest BCUT2D eigenvalue weighted by atomic mass is 10.4. The first-order valence-corrected chi connectivity index (χ1v) is 5.32. The van der Waals surface area contributed by atoms with Gasteiger partial charge < -0.3 is 4.84 Å². The molecule has 1 N–H and O–H groups in total. The minimum Gasteiger partial charge on any atom is -0.362 e. The molecule has 0 aliphatic heterocycles. The molecule has 0 saturated carbocycles. The van der Waals surface area contributed by atoms with Gasteiger partial charge in [0.15, 0.2) is 5.16 Å². The maximum absolute atomic E-state index is 5.18. The number of aryl methyl sites for hydroxylation is 1. The zero-order chi connectivity index (χ0) is 10.6. The van der Waals surface area contributed by atoms with Crippen LogP contribution in [0.4, 0.5) is 0 Å². The molecule has 76 valence electrons. The summed E-state index contributed by atoms with van der Waals surface area (Å²) < 4.78 is 0. The number of nitrogens with one attached hydrogen (secondary N) is 1. The monoisotopic (exact) mass is 211 g/mol. The van der Waals surface area contributed by atoms with Gasteiger partial charge in [0, 0.05) is 17.5 Å². The van der Waals surface area contributed by atoms with E-state index in [1.165, 1.54) is 11.8 Å². The summed E-state index contributed by atoms with van der Waals surface area (Å²) in [4.78, 5) is 13.5. The van der Waals surface area contributed by atoms with Crippen molar-refractivity contribution in [3.05, 3.63) is 24.0 Å². The molecule has 5 heteroatoms. The number of hydroxylamine groups is 1. The van der Waals surface area contributed by atoms with Gasteiger partial charge in [-0.15, -0.1) is 0 Å². The molecule has 1 aromatic rings. The predicted octanol–water partition coefficient (Wildman–Crippen LogP) is 1.92. The summed E-state index contributed by atoms with van der Waals surface area (Å²) in [7, 11) is 0. The van der Waals surface area contributed by atoms with E-state index < -0.39 is 0 Å². The van der Waals surface area contributed by atoms with E-state index >= 15 is 0 Å². The van der Waals surface area contributed by atoms with Crippen LogP contribution in [-0.2, 0) is 0 Å².